The molecule has 5 nitrogen and oxygen atoms in total. The molecule has 18 heavy (non-hydrogen) atoms. The van der Waals surface area contributed by atoms with Gasteiger partial charge in [-0.05, 0) is 27.7 Å². The van der Waals surface area contributed by atoms with Crippen LogP contribution in [-0.2, 0) is 14.3 Å². The van der Waals surface area contributed by atoms with Crippen molar-refractivity contribution in [2.75, 3.05) is 39.9 Å². The molecule has 0 spiro atoms. The van der Waals surface area contributed by atoms with E-state index >= 15 is 0 Å². The molecule has 0 saturated carbocycles. The van der Waals surface area contributed by atoms with Gasteiger partial charge in [-0.1, -0.05) is 0 Å². The van der Waals surface area contributed by atoms with E-state index in [-0.39, 0.29) is 5.60 Å². The maximum absolute atomic E-state index is 9.60. The highest BCUT2D eigenvalue weighted by Gasteiger charge is 2.16. The number of piperazine rings is 1. The lowest BCUT2D eigenvalue weighted by atomic mass is 10.2. The third-order valence-electron chi connectivity index (χ3n) is 2.62. The van der Waals surface area contributed by atoms with E-state index in [4.69, 9.17) is 4.74 Å². The van der Waals surface area contributed by atoms with Crippen LogP contribution in [-0.4, -0.2) is 62.9 Å². The zero-order valence-electron chi connectivity index (χ0n) is 12.4. The Morgan fingerprint density at radius 1 is 1.44 bits per heavy atom. The largest absolute Gasteiger partial charge is 0.462 e. The maximum atomic E-state index is 9.60. The van der Waals surface area contributed by atoms with E-state index in [0.29, 0.717) is 12.5 Å². The van der Waals surface area contributed by atoms with Crippen LogP contribution in [0.3, 0.4) is 0 Å². The Kier molecular flexibility index (Phi) is 8.97. The van der Waals surface area contributed by atoms with Gasteiger partial charge in [0.2, 0.25) is 0 Å². The summed E-state index contributed by atoms with van der Waals surface area (Å²) in [7, 11) is 1.76. The molecular weight excluding hydrogens is 232 g/mol. The molecule has 0 aliphatic carbocycles. The first-order valence-corrected chi connectivity index (χ1v) is 6.46. The molecule has 0 aromatic rings. The van der Waals surface area contributed by atoms with Crippen LogP contribution >= 0.6 is 0 Å². The summed E-state index contributed by atoms with van der Waals surface area (Å²) in [4.78, 5) is 12.1. The number of nitrogens with zero attached hydrogens (tertiary/aromatic N) is 1. The molecule has 0 amide bonds. The number of ether oxygens (including phenoxy) is 2. The van der Waals surface area contributed by atoms with E-state index in [2.05, 4.69) is 21.9 Å². The van der Waals surface area contributed by atoms with Crippen molar-refractivity contribution in [3.05, 3.63) is 0 Å². The molecule has 0 bridgehead atoms. The van der Waals surface area contributed by atoms with Gasteiger partial charge >= 0.3 is 0 Å². The highest BCUT2D eigenvalue weighted by atomic mass is 16.5. The van der Waals surface area contributed by atoms with E-state index in [9.17, 15) is 4.79 Å². The number of hydrogen-bond donors (Lipinski definition) is 1. The number of methoxy groups -OCH3 is 1. The van der Waals surface area contributed by atoms with Gasteiger partial charge in [0.1, 0.15) is 5.60 Å². The molecule has 1 aliphatic heterocycles. The molecule has 1 fully saturated rings. The third kappa shape index (κ3) is 9.39. The average Bonchev–Trinajstić information content (AvgIpc) is 2.27. The van der Waals surface area contributed by atoms with Gasteiger partial charge in [-0.2, -0.15) is 0 Å². The van der Waals surface area contributed by atoms with Crippen molar-refractivity contribution >= 4 is 6.47 Å². The molecular formula is C13H28N2O3. The SMILES string of the molecule is CC(C)(C)OC=O.COCCN1CCNCC1C. The second kappa shape index (κ2) is 9.30. The Bertz CT molecular complexity index is 217. The normalized spacial score (nSPS) is 20.8. The summed E-state index contributed by atoms with van der Waals surface area (Å²) in [6.45, 7) is 13.5. The Balaban J connectivity index is 0.000000360. The first-order valence-electron chi connectivity index (χ1n) is 6.46. The fourth-order valence-corrected chi connectivity index (χ4v) is 1.57. The molecule has 5 heteroatoms. The van der Waals surface area contributed by atoms with Crippen LogP contribution in [0.25, 0.3) is 0 Å². The molecule has 0 aromatic heterocycles. The second-order valence-electron chi connectivity index (χ2n) is 5.41. The number of carbonyl (C=O) groups is 1. The standard InChI is InChI=1S/C8H18N2O.C5H10O2/c1-8-7-9-3-4-10(8)5-6-11-2;1-5(2,3)7-4-6/h8-9H,3-7H2,1-2H3;4H,1-3H3. The summed E-state index contributed by atoms with van der Waals surface area (Å²) < 4.78 is 9.58. The Morgan fingerprint density at radius 3 is 2.50 bits per heavy atom. The maximum Gasteiger partial charge on any atom is 0.293 e. The van der Waals surface area contributed by atoms with Gasteiger partial charge in [-0.25, -0.2) is 0 Å². The van der Waals surface area contributed by atoms with Crippen molar-refractivity contribution in [2.45, 2.75) is 39.3 Å². The molecule has 1 N–H and O–H groups in total. The minimum Gasteiger partial charge on any atom is -0.462 e. The van der Waals surface area contributed by atoms with Crippen molar-refractivity contribution in [1.82, 2.24) is 10.2 Å². The quantitative estimate of drug-likeness (QED) is 0.761. The van der Waals surface area contributed by atoms with Gasteiger partial charge < -0.3 is 14.8 Å². The summed E-state index contributed by atoms with van der Waals surface area (Å²) in [5.74, 6) is 0. The molecule has 1 heterocycles. The zero-order valence-corrected chi connectivity index (χ0v) is 12.4. The lowest BCUT2D eigenvalue weighted by molar-refractivity contribution is -0.138. The number of carbonyl (C=O) groups excluding carboxylic acids is 1. The predicted octanol–water partition coefficient (Wildman–Crippen LogP) is 0.884. The molecule has 1 saturated heterocycles. The van der Waals surface area contributed by atoms with Crippen LogP contribution in [0, 0.1) is 0 Å². The van der Waals surface area contributed by atoms with E-state index in [1.54, 1.807) is 7.11 Å². The molecule has 1 atom stereocenters. The molecule has 1 aliphatic rings. The number of rotatable bonds is 4. The van der Waals surface area contributed by atoms with Crippen molar-refractivity contribution in [3.8, 4) is 0 Å². The number of hydrogen-bond acceptors (Lipinski definition) is 5. The zero-order chi connectivity index (χ0) is 14.0. The molecule has 0 radical (unpaired) electrons. The van der Waals surface area contributed by atoms with Gasteiger partial charge in [0.05, 0.1) is 6.61 Å². The van der Waals surface area contributed by atoms with Crippen LogP contribution in [0.2, 0.25) is 0 Å². The van der Waals surface area contributed by atoms with Gasteiger partial charge in [0.25, 0.3) is 6.47 Å². The van der Waals surface area contributed by atoms with Gasteiger partial charge in [0.15, 0.2) is 0 Å². The van der Waals surface area contributed by atoms with Crippen molar-refractivity contribution in [2.24, 2.45) is 0 Å². The Hall–Kier alpha value is -0.650. The lowest BCUT2D eigenvalue weighted by Crippen LogP contribution is -2.50. The Morgan fingerprint density at radius 2 is 2.11 bits per heavy atom. The topological polar surface area (TPSA) is 50.8 Å². The average molecular weight is 260 g/mol. The molecule has 1 rings (SSSR count). The van der Waals surface area contributed by atoms with E-state index < -0.39 is 0 Å². The summed E-state index contributed by atoms with van der Waals surface area (Å²) in [5, 5.41) is 3.36. The van der Waals surface area contributed by atoms with Crippen LogP contribution in [0.1, 0.15) is 27.7 Å². The molecule has 0 aromatic carbocycles. The second-order valence-corrected chi connectivity index (χ2v) is 5.41. The predicted molar refractivity (Wildman–Crippen MR) is 72.7 cm³/mol. The van der Waals surface area contributed by atoms with Gasteiger partial charge in [-0.15, -0.1) is 0 Å². The fraction of sp³-hybridized carbons (Fsp3) is 0.923. The summed E-state index contributed by atoms with van der Waals surface area (Å²) in [6.07, 6.45) is 0. The van der Waals surface area contributed by atoms with E-state index in [0.717, 1.165) is 32.8 Å². The van der Waals surface area contributed by atoms with Crippen molar-refractivity contribution in [1.29, 1.82) is 0 Å². The Labute approximate surface area is 111 Å². The first-order chi connectivity index (χ1) is 8.40. The van der Waals surface area contributed by atoms with Crippen molar-refractivity contribution in [3.63, 3.8) is 0 Å². The molecule has 108 valence electrons. The van der Waals surface area contributed by atoms with E-state index in [1.165, 1.54) is 0 Å². The third-order valence-corrected chi connectivity index (χ3v) is 2.62. The number of nitrogens with one attached hydrogen (secondary N) is 1. The smallest absolute Gasteiger partial charge is 0.293 e. The van der Waals surface area contributed by atoms with E-state index in [1.807, 2.05) is 20.8 Å². The minimum absolute atomic E-state index is 0.318. The summed E-state index contributed by atoms with van der Waals surface area (Å²) in [6, 6.07) is 0.666. The van der Waals surface area contributed by atoms with Gasteiger partial charge in [-0.3, -0.25) is 9.69 Å². The highest BCUT2D eigenvalue weighted by molar-refractivity contribution is 5.37. The monoisotopic (exact) mass is 260 g/mol. The van der Waals surface area contributed by atoms with Crippen LogP contribution in [0.15, 0.2) is 0 Å². The van der Waals surface area contributed by atoms with Crippen LogP contribution in [0.5, 0.6) is 0 Å². The minimum atomic E-state index is -0.318. The first kappa shape index (κ1) is 17.4. The van der Waals surface area contributed by atoms with Crippen LogP contribution < -0.4 is 5.32 Å². The lowest BCUT2D eigenvalue weighted by Gasteiger charge is -2.33. The fourth-order valence-electron chi connectivity index (χ4n) is 1.57. The van der Waals surface area contributed by atoms with Crippen LogP contribution in [0.4, 0.5) is 0 Å². The molecule has 1 unspecified atom stereocenters. The summed E-state index contributed by atoms with van der Waals surface area (Å²) in [5.41, 5.74) is -0.318. The summed E-state index contributed by atoms with van der Waals surface area (Å²) >= 11 is 0. The highest BCUT2D eigenvalue weighted by Crippen LogP contribution is 2.02. The van der Waals surface area contributed by atoms with Gasteiger partial charge in [0, 0.05) is 39.3 Å². The van der Waals surface area contributed by atoms with Crippen molar-refractivity contribution < 1.29 is 14.3 Å².